The van der Waals surface area contributed by atoms with Gasteiger partial charge in [-0.15, -0.1) is 0 Å². The smallest absolute Gasteiger partial charge is 0.0118 e. The molecule has 4 fully saturated rings. The summed E-state index contributed by atoms with van der Waals surface area (Å²) in [7, 11) is 0. The zero-order chi connectivity index (χ0) is 7.75. The number of rotatable bonds is 0. The molecular formula is C10H16S. The molecule has 0 nitrogen and oxygen atoms in total. The molecule has 0 aromatic rings. The largest absolute Gasteiger partial charge is 0.154 e. The van der Waals surface area contributed by atoms with Crippen molar-refractivity contribution >= 4 is 11.8 Å². The average molecular weight is 168 g/mol. The van der Waals surface area contributed by atoms with Crippen LogP contribution in [0, 0.1) is 29.6 Å². The van der Waals surface area contributed by atoms with Gasteiger partial charge in [-0.2, -0.15) is 11.8 Å². The highest BCUT2D eigenvalue weighted by Gasteiger charge is 2.68. The zero-order valence-corrected chi connectivity index (χ0v) is 8.27. The molecule has 4 aliphatic rings. The Bertz CT molecular complexity index is 197. The average Bonchev–Trinajstić information content (AvgIpc) is 2.61. The van der Waals surface area contributed by atoms with Crippen molar-refractivity contribution in [2.75, 3.05) is 0 Å². The third-order valence-electron chi connectivity index (χ3n) is 4.46. The summed E-state index contributed by atoms with van der Waals surface area (Å²) in [5, 5.41) is 2.12. The van der Waals surface area contributed by atoms with Gasteiger partial charge in [-0.05, 0) is 29.6 Å². The van der Waals surface area contributed by atoms with Gasteiger partial charge in [-0.25, -0.2) is 0 Å². The Morgan fingerprint density at radius 3 is 1.82 bits per heavy atom. The number of fused-ring (bicyclic) bond motifs is 1. The summed E-state index contributed by atoms with van der Waals surface area (Å²) in [6.45, 7) is 7.41. The van der Waals surface area contributed by atoms with Crippen molar-refractivity contribution in [1.29, 1.82) is 0 Å². The summed E-state index contributed by atoms with van der Waals surface area (Å²) in [6, 6.07) is 0. The minimum atomic E-state index is 0.995. The molecular weight excluding hydrogens is 152 g/mol. The van der Waals surface area contributed by atoms with Crippen LogP contribution in [-0.4, -0.2) is 10.5 Å². The molecule has 2 heterocycles. The van der Waals surface area contributed by atoms with Gasteiger partial charge in [0.1, 0.15) is 0 Å². The lowest BCUT2D eigenvalue weighted by molar-refractivity contribution is 0.214. The van der Waals surface area contributed by atoms with Crippen LogP contribution in [0.3, 0.4) is 0 Å². The standard InChI is InChI=1S/C10H16S/c1-4-5(2)9-6(3)8-7(4)10(8)11-9/h4-10H,1-3H3/t4?,5-,6?,7?,8-,9?,10?/m0/s1. The molecule has 2 aliphatic heterocycles. The molecule has 0 spiro atoms. The lowest BCUT2D eigenvalue weighted by Gasteiger charge is -2.38. The van der Waals surface area contributed by atoms with E-state index in [0.717, 1.165) is 40.1 Å². The molecule has 7 atom stereocenters. The molecule has 0 aromatic heterocycles. The first-order chi connectivity index (χ1) is 5.22. The molecule has 0 radical (unpaired) electrons. The molecule has 1 heteroatoms. The van der Waals surface area contributed by atoms with Crippen molar-refractivity contribution in [3.63, 3.8) is 0 Å². The third kappa shape index (κ3) is 0.612. The van der Waals surface area contributed by atoms with E-state index in [2.05, 4.69) is 32.5 Å². The summed E-state index contributed by atoms with van der Waals surface area (Å²) < 4.78 is 0. The third-order valence-corrected chi connectivity index (χ3v) is 6.57. The van der Waals surface area contributed by atoms with Crippen LogP contribution >= 0.6 is 11.8 Å². The van der Waals surface area contributed by atoms with Gasteiger partial charge in [-0.1, -0.05) is 20.8 Å². The summed E-state index contributed by atoms with van der Waals surface area (Å²) in [6.07, 6.45) is 0. The van der Waals surface area contributed by atoms with Crippen LogP contribution in [0.15, 0.2) is 0 Å². The maximum Gasteiger partial charge on any atom is 0.0118 e. The molecule has 4 bridgehead atoms. The molecule has 5 unspecified atom stereocenters. The van der Waals surface area contributed by atoms with Crippen LogP contribution in [0.1, 0.15) is 20.8 Å². The number of thioether (sulfide) groups is 1. The molecule has 62 valence electrons. The Labute approximate surface area is 73.1 Å². The van der Waals surface area contributed by atoms with Gasteiger partial charge >= 0.3 is 0 Å². The molecule has 0 amide bonds. The van der Waals surface area contributed by atoms with E-state index in [4.69, 9.17) is 0 Å². The lowest BCUT2D eigenvalue weighted by atomic mass is 9.76. The molecule has 4 rings (SSSR count). The topological polar surface area (TPSA) is 0 Å². The van der Waals surface area contributed by atoms with E-state index in [1.807, 2.05) is 0 Å². The van der Waals surface area contributed by atoms with Gasteiger partial charge in [0.2, 0.25) is 0 Å². The fourth-order valence-electron chi connectivity index (χ4n) is 3.59. The Kier molecular flexibility index (Phi) is 1.12. The first-order valence-electron chi connectivity index (χ1n) is 4.87. The first-order valence-corrected chi connectivity index (χ1v) is 5.81. The van der Waals surface area contributed by atoms with Gasteiger partial charge in [0.25, 0.3) is 0 Å². The minimum absolute atomic E-state index is 0.995. The molecule has 0 aromatic carbocycles. The van der Waals surface area contributed by atoms with E-state index in [1.54, 1.807) is 0 Å². The Hall–Kier alpha value is 0.350. The first kappa shape index (κ1) is 6.82. The fourth-order valence-corrected chi connectivity index (χ4v) is 6.00. The van der Waals surface area contributed by atoms with Crippen molar-refractivity contribution < 1.29 is 0 Å². The molecule has 11 heavy (non-hydrogen) atoms. The predicted molar refractivity (Wildman–Crippen MR) is 49.6 cm³/mol. The van der Waals surface area contributed by atoms with Gasteiger partial charge in [-0.3, -0.25) is 0 Å². The van der Waals surface area contributed by atoms with Crippen LogP contribution in [0.4, 0.5) is 0 Å². The highest BCUT2D eigenvalue weighted by Crippen LogP contribution is 2.72. The highest BCUT2D eigenvalue weighted by atomic mass is 32.2. The van der Waals surface area contributed by atoms with Gasteiger partial charge < -0.3 is 0 Å². The van der Waals surface area contributed by atoms with Gasteiger partial charge in [0, 0.05) is 10.5 Å². The highest BCUT2D eigenvalue weighted by molar-refractivity contribution is 8.01. The molecule has 2 saturated carbocycles. The molecule has 2 aliphatic carbocycles. The van der Waals surface area contributed by atoms with Gasteiger partial charge in [0.15, 0.2) is 0 Å². The summed E-state index contributed by atoms with van der Waals surface area (Å²) in [4.78, 5) is 0. The fraction of sp³-hybridized carbons (Fsp3) is 1.00. The summed E-state index contributed by atoms with van der Waals surface area (Å²) in [5.74, 6) is 5.33. The zero-order valence-electron chi connectivity index (χ0n) is 7.45. The van der Waals surface area contributed by atoms with E-state index >= 15 is 0 Å². The Morgan fingerprint density at radius 2 is 1.36 bits per heavy atom. The van der Waals surface area contributed by atoms with Crippen LogP contribution < -0.4 is 0 Å². The maximum atomic E-state index is 2.48. The lowest BCUT2D eigenvalue weighted by Crippen LogP contribution is -2.35. The van der Waals surface area contributed by atoms with Crippen molar-refractivity contribution in [3.8, 4) is 0 Å². The van der Waals surface area contributed by atoms with Crippen molar-refractivity contribution in [3.05, 3.63) is 0 Å². The van der Waals surface area contributed by atoms with Crippen LogP contribution in [0.2, 0.25) is 0 Å². The van der Waals surface area contributed by atoms with Crippen molar-refractivity contribution in [2.45, 2.75) is 31.3 Å². The quantitative estimate of drug-likeness (QED) is 0.536. The van der Waals surface area contributed by atoms with Crippen LogP contribution in [0.5, 0.6) is 0 Å². The van der Waals surface area contributed by atoms with E-state index < -0.39 is 0 Å². The van der Waals surface area contributed by atoms with Gasteiger partial charge in [0.05, 0.1) is 0 Å². The second-order valence-electron chi connectivity index (χ2n) is 4.80. The molecule has 0 N–H and O–H groups in total. The molecule has 2 saturated heterocycles. The van der Waals surface area contributed by atoms with Crippen LogP contribution in [-0.2, 0) is 0 Å². The summed E-state index contributed by atoms with van der Waals surface area (Å²) in [5.41, 5.74) is 0. The summed E-state index contributed by atoms with van der Waals surface area (Å²) >= 11 is 2.31. The minimum Gasteiger partial charge on any atom is -0.154 e. The Balaban J connectivity index is 1.96. The van der Waals surface area contributed by atoms with Crippen molar-refractivity contribution in [1.82, 2.24) is 0 Å². The second kappa shape index (κ2) is 1.81. The van der Waals surface area contributed by atoms with E-state index in [9.17, 15) is 0 Å². The monoisotopic (exact) mass is 168 g/mol. The van der Waals surface area contributed by atoms with E-state index in [1.165, 1.54) is 0 Å². The SMILES string of the molecule is CC1C2C3SC(C(C)[C@H]32)[C@H]1C. The normalized spacial score (nSPS) is 71.7. The second-order valence-corrected chi connectivity index (χ2v) is 6.16. The maximum absolute atomic E-state index is 2.48. The van der Waals surface area contributed by atoms with Crippen LogP contribution in [0.25, 0.3) is 0 Å². The number of hydrogen-bond donors (Lipinski definition) is 0. The predicted octanol–water partition coefficient (Wildman–Crippen LogP) is 2.64. The van der Waals surface area contributed by atoms with E-state index in [0.29, 0.717) is 0 Å². The Morgan fingerprint density at radius 1 is 0.727 bits per heavy atom. The van der Waals surface area contributed by atoms with E-state index in [-0.39, 0.29) is 0 Å². The number of hydrogen-bond acceptors (Lipinski definition) is 1. The van der Waals surface area contributed by atoms with Crippen molar-refractivity contribution in [2.24, 2.45) is 29.6 Å².